The van der Waals surface area contributed by atoms with E-state index >= 15 is 0 Å². The number of rotatable bonds is 3. The molecule has 0 aromatic heterocycles. The summed E-state index contributed by atoms with van der Waals surface area (Å²) in [5.74, 6) is -0.222. The van der Waals surface area contributed by atoms with E-state index in [0.29, 0.717) is 12.2 Å². The summed E-state index contributed by atoms with van der Waals surface area (Å²) in [7, 11) is 1.86. The first-order valence-electron chi connectivity index (χ1n) is 5.91. The molecule has 3 heteroatoms. The zero-order valence-corrected chi connectivity index (χ0v) is 10.7. The molecule has 18 heavy (non-hydrogen) atoms. The van der Waals surface area contributed by atoms with E-state index < -0.39 is 0 Å². The number of halogens is 1. The van der Waals surface area contributed by atoms with Crippen LogP contribution in [-0.4, -0.2) is 7.05 Å². The van der Waals surface area contributed by atoms with Crippen LogP contribution in [0.4, 0.5) is 15.8 Å². The number of hydrogen-bond acceptors (Lipinski definition) is 2. The SMILES string of the molecule is Cc1cc(N(C)c2ccccc2F)ccc1CN. The van der Waals surface area contributed by atoms with E-state index in [4.69, 9.17) is 5.73 Å². The molecule has 2 nitrogen and oxygen atoms in total. The Morgan fingerprint density at radius 2 is 1.89 bits per heavy atom. The smallest absolute Gasteiger partial charge is 0.146 e. The number of para-hydroxylation sites is 1. The summed E-state index contributed by atoms with van der Waals surface area (Å²) < 4.78 is 13.7. The summed E-state index contributed by atoms with van der Waals surface area (Å²) in [6.07, 6.45) is 0. The minimum Gasteiger partial charge on any atom is -0.342 e. The Morgan fingerprint density at radius 1 is 1.17 bits per heavy atom. The molecular weight excluding hydrogens is 227 g/mol. The van der Waals surface area contributed by atoms with Gasteiger partial charge in [-0.05, 0) is 42.3 Å². The third kappa shape index (κ3) is 2.36. The van der Waals surface area contributed by atoms with Crippen LogP contribution in [0.3, 0.4) is 0 Å². The predicted molar refractivity (Wildman–Crippen MR) is 73.5 cm³/mol. The van der Waals surface area contributed by atoms with Gasteiger partial charge in [0.25, 0.3) is 0 Å². The number of nitrogens with zero attached hydrogens (tertiary/aromatic N) is 1. The number of hydrogen-bond donors (Lipinski definition) is 1. The van der Waals surface area contributed by atoms with Gasteiger partial charge in [-0.1, -0.05) is 18.2 Å². The van der Waals surface area contributed by atoms with Gasteiger partial charge >= 0.3 is 0 Å². The second-order valence-corrected chi connectivity index (χ2v) is 4.33. The molecule has 0 fully saturated rings. The molecule has 0 radical (unpaired) electrons. The molecule has 0 spiro atoms. The first-order chi connectivity index (χ1) is 8.63. The van der Waals surface area contributed by atoms with Gasteiger partial charge < -0.3 is 10.6 Å². The molecule has 0 aliphatic heterocycles. The van der Waals surface area contributed by atoms with E-state index in [9.17, 15) is 4.39 Å². The van der Waals surface area contributed by atoms with Crippen molar-refractivity contribution in [3.8, 4) is 0 Å². The Bertz CT molecular complexity index is 552. The van der Waals surface area contributed by atoms with E-state index in [0.717, 1.165) is 16.8 Å². The zero-order valence-electron chi connectivity index (χ0n) is 10.7. The van der Waals surface area contributed by atoms with Gasteiger partial charge in [-0.3, -0.25) is 0 Å². The van der Waals surface area contributed by atoms with Crippen molar-refractivity contribution in [2.24, 2.45) is 5.73 Å². The van der Waals surface area contributed by atoms with Gasteiger partial charge in [-0.15, -0.1) is 0 Å². The summed E-state index contributed by atoms with van der Waals surface area (Å²) in [6, 6.07) is 12.7. The summed E-state index contributed by atoms with van der Waals surface area (Å²) in [5, 5.41) is 0. The Labute approximate surface area is 107 Å². The predicted octanol–water partition coefficient (Wildman–Crippen LogP) is 3.36. The lowest BCUT2D eigenvalue weighted by molar-refractivity contribution is 0.627. The molecule has 0 bridgehead atoms. The van der Waals surface area contributed by atoms with Crippen molar-refractivity contribution in [1.29, 1.82) is 0 Å². The van der Waals surface area contributed by atoms with E-state index in [-0.39, 0.29) is 5.82 Å². The molecule has 0 aliphatic carbocycles. The molecule has 0 atom stereocenters. The van der Waals surface area contributed by atoms with Gasteiger partial charge in [-0.25, -0.2) is 4.39 Å². The van der Waals surface area contributed by atoms with Crippen molar-refractivity contribution in [3.63, 3.8) is 0 Å². The standard InChI is InChI=1S/C15H17FN2/c1-11-9-13(8-7-12(11)10-17)18(2)15-6-4-3-5-14(15)16/h3-9H,10,17H2,1-2H3. The minimum absolute atomic E-state index is 0.222. The van der Waals surface area contributed by atoms with Crippen LogP contribution in [0.15, 0.2) is 42.5 Å². The summed E-state index contributed by atoms with van der Waals surface area (Å²) >= 11 is 0. The van der Waals surface area contributed by atoms with Crippen LogP contribution in [0.2, 0.25) is 0 Å². The van der Waals surface area contributed by atoms with Gasteiger partial charge in [0, 0.05) is 19.3 Å². The van der Waals surface area contributed by atoms with Crippen LogP contribution >= 0.6 is 0 Å². The maximum Gasteiger partial charge on any atom is 0.146 e. The second kappa shape index (κ2) is 5.19. The largest absolute Gasteiger partial charge is 0.342 e. The first kappa shape index (κ1) is 12.6. The molecule has 0 saturated carbocycles. The average molecular weight is 244 g/mol. The molecule has 0 unspecified atom stereocenters. The fraction of sp³-hybridized carbons (Fsp3) is 0.200. The van der Waals surface area contributed by atoms with Gasteiger partial charge in [0.15, 0.2) is 0 Å². The third-order valence-electron chi connectivity index (χ3n) is 3.15. The van der Waals surface area contributed by atoms with Crippen LogP contribution < -0.4 is 10.6 Å². The van der Waals surface area contributed by atoms with Crippen LogP contribution in [-0.2, 0) is 6.54 Å². The van der Waals surface area contributed by atoms with E-state index in [1.54, 1.807) is 12.1 Å². The topological polar surface area (TPSA) is 29.3 Å². The van der Waals surface area contributed by atoms with E-state index in [1.165, 1.54) is 6.07 Å². The van der Waals surface area contributed by atoms with Gasteiger partial charge in [-0.2, -0.15) is 0 Å². The van der Waals surface area contributed by atoms with Crippen molar-refractivity contribution in [1.82, 2.24) is 0 Å². The normalized spacial score (nSPS) is 10.4. The van der Waals surface area contributed by atoms with Crippen molar-refractivity contribution < 1.29 is 4.39 Å². The third-order valence-corrected chi connectivity index (χ3v) is 3.15. The van der Waals surface area contributed by atoms with Crippen LogP contribution in [0.1, 0.15) is 11.1 Å². The van der Waals surface area contributed by atoms with Crippen molar-refractivity contribution in [3.05, 3.63) is 59.4 Å². The lowest BCUT2D eigenvalue weighted by Gasteiger charge is -2.21. The molecule has 2 aromatic rings. The molecule has 94 valence electrons. The summed E-state index contributed by atoms with van der Waals surface area (Å²) in [5.41, 5.74) is 9.39. The number of benzene rings is 2. The highest BCUT2D eigenvalue weighted by Crippen LogP contribution is 2.27. The molecule has 0 saturated heterocycles. The Morgan fingerprint density at radius 3 is 2.50 bits per heavy atom. The zero-order chi connectivity index (χ0) is 13.1. The Hall–Kier alpha value is -1.87. The quantitative estimate of drug-likeness (QED) is 0.897. The molecule has 2 aromatic carbocycles. The highest BCUT2D eigenvalue weighted by Gasteiger charge is 2.09. The minimum atomic E-state index is -0.222. The molecular formula is C15H17FN2. The lowest BCUT2D eigenvalue weighted by Crippen LogP contribution is -2.12. The Balaban J connectivity index is 2.37. The Kier molecular flexibility index (Phi) is 3.63. The highest BCUT2D eigenvalue weighted by atomic mass is 19.1. The maximum absolute atomic E-state index is 13.7. The summed E-state index contributed by atoms with van der Waals surface area (Å²) in [6.45, 7) is 2.54. The highest BCUT2D eigenvalue weighted by molar-refractivity contribution is 5.64. The number of aryl methyl sites for hydroxylation is 1. The fourth-order valence-corrected chi connectivity index (χ4v) is 1.98. The molecule has 2 rings (SSSR count). The number of anilines is 2. The van der Waals surface area contributed by atoms with Gasteiger partial charge in [0.2, 0.25) is 0 Å². The molecule has 2 N–H and O–H groups in total. The van der Waals surface area contributed by atoms with Crippen molar-refractivity contribution in [2.45, 2.75) is 13.5 Å². The van der Waals surface area contributed by atoms with Crippen molar-refractivity contribution >= 4 is 11.4 Å². The average Bonchev–Trinajstić information content (AvgIpc) is 2.38. The lowest BCUT2D eigenvalue weighted by atomic mass is 10.1. The van der Waals surface area contributed by atoms with E-state index in [1.807, 2.05) is 43.1 Å². The van der Waals surface area contributed by atoms with Gasteiger partial charge in [0.05, 0.1) is 5.69 Å². The van der Waals surface area contributed by atoms with Crippen LogP contribution in [0.5, 0.6) is 0 Å². The molecule has 0 amide bonds. The monoisotopic (exact) mass is 244 g/mol. The van der Waals surface area contributed by atoms with Crippen molar-refractivity contribution in [2.75, 3.05) is 11.9 Å². The maximum atomic E-state index is 13.7. The number of nitrogens with two attached hydrogens (primary N) is 1. The molecule has 0 aliphatic rings. The van der Waals surface area contributed by atoms with Gasteiger partial charge in [0.1, 0.15) is 5.82 Å². The first-order valence-corrected chi connectivity index (χ1v) is 5.91. The van der Waals surface area contributed by atoms with Crippen LogP contribution in [0, 0.1) is 12.7 Å². The summed E-state index contributed by atoms with van der Waals surface area (Å²) in [4.78, 5) is 1.84. The molecule has 0 heterocycles. The van der Waals surface area contributed by atoms with E-state index in [2.05, 4.69) is 0 Å². The van der Waals surface area contributed by atoms with Crippen LogP contribution in [0.25, 0.3) is 0 Å². The second-order valence-electron chi connectivity index (χ2n) is 4.33. The fourth-order valence-electron chi connectivity index (χ4n) is 1.98.